The first-order valence-electron chi connectivity index (χ1n) is 7.77. The Labute approximate surface area is 136 Å². The maximum absolute atomic E-state index is 12.8. The van der Waals surface area contributed by atoms with Crippen molar-refractivity contribution in [2.24, 2.45) is 4.99 Å². The van der Waals surface area contributed by atoms with E-state index >= 15 is 0 Å². The SMILES string of the molecule is CCCN=C1N/C(=C\c2ccccc2)C(=O)N1c1ccccc1. The van der Waals surface area contributed by atoms with Gasteiger partial charge in [0.15, 0.2) is 0 Å². The van der Waals surface area contributed by atoms with E-state index in [9.17, 15) is 4.79 Å². The third-order valence-electron chi connectivity index (χ3n) is 3.50. The van der Waals surface area contributed by atoms with Crippen molar-refractivity contribution in [2.75, 3.05) is 11.4 Å². The lowest BCUT2D eigenvalue weighted by atomic mass is 10.2. The van der Waals surface area contributed by atoms with Crippen LogP contribution >= 0.6 is 0 Å². The third kappa shape index (κ3) is 3.31. The summed E-state index contributed by atoms with van der Waals surface area (Å²) >= 11 is 0. The van der Waals surface area contributed by atoms with Gasteiger partial charge in [-0.2, -0.15) is 0 Å². The molecular weight excluding hydrogens is 286 g/mol. The molecular formula is C19H19N3O. The van der Waals surface area contributed by atoms with Crippen LogP contribution in [-0.4, -0.2) is 18.4 Å². The lowest BCUT2D eigenvalue weighted by Gasteiger charge is -2.14. The van der Waals surface area contributed by atoms with Gasteiger partial charge in [0.2, 0.25) is 5.96 Å². The Morgan fingerprint density at radius 3 is 2.35 bits per heavy atom. The number of amides is 1. The van der Waals surface area contributed by atoms with Gasteiger partial charge in [-0.05, 0) is 30.2 Å². The van der Waals surface area contributed by atoms with Gasteiger partial charge in [-0.3, -0.25) is 9.79 Å². The molecule has 0 spiro atoms. The number of nitrogens with zero attached hydrogens (tertiary/aromatic N) is 2. The molecule has 1 fully saturated rings. The fourth-order valence-corrected chi connectivity index (χ4v) is 2.40. The van der Waals surface area contributed by atoms with Gasteiger partial charge in [-0.15, -0.1) is 0 Å². The Morgan fingerprint density at radius 1 is 1.04 bits per heavy atom. The number of aliphatic imine (C=N–C) groups is 1. The molecule has 0 unspecified atom stereocenters. The Morgan fingerprint density at radius 2 is 1.70 bits per heavy atom. The predicted octanol–water partition coefficient (Wildman–Crippen LogP) is 3.43. The number of rotatable bonds is 4. The molecule has 2 aromatic rings. The number of hydrogen-bond donors (Lipinski definition) is 1. The van der Waals surface area contributed by atoms with Crippen LogP contribution in [0.5, 0.6) is 0 Å². The molecule has 4 nitrogen and oxygen atoms in total. The van der Waals surface area contributed by atoms with E-state index in [4.69, 9.17) is 0 Å². The van der Waals surface area contributed by atoms with E-state index in [1.807, 2.05) is 66.7 Å². The molecule has 1 N–H and O–H groups in total. The van der Waals surface area contributed by atoms with Gasteiger partial charge in [0.05, 0.1) is 5.69 Å². The molecule has 0 atom stereocenters. The summed E-state index contributed by atoms with van der Waals surface area (Å²) in [6.07, 6.45) is 2.78. The maximum Gasteiger partial charge on any atom is 0.281 e. The van der Waals surface area contributed by atoms with Crippen molar-refractivity contribution < 1.29 is 4.79 Å². The van der Waals surface area contributed by atoms with Crippen molar-refractivity contribution in [1.29, 1.82) is 0 Å². The number of para-hydroxylation sites is 1. The molecule has 0 bridgehead atoms. The molecule has 1 aliphatic rings. The van der Waals surface area contributed by atoms with Crippen LogP contribution in [0.4, 0.5) is 5.69 Å². The zero-order valence-electron chi connectivity index (χ0n) is 13.1. The van der Waals surface area contributed by atoms with Crippen LogP contribution in [0, 0.1) is 0 Å². The second-order valence-corrected chi connectivity index (χ2v) is 5.28. The van der Waals surface area contributed by atoms with Crippen molar-refractivity contribution in [3.63, 3.8) is 0 Å². The molecule has 4 heteroatoms. The van der Waals surface area contributed by atoms with E-state index in [1.165, 1.54) is 0 Å². The Balaban J connectivity index is 1.97. The van der Waals surface area contributed by atoms with Crippen molar-refractivity contribution in [3.05, 3.63) is 71.9 Å². The molecule has 116 valence electrons. The fraction of sp³-hybridized carbons (Fsp3) is 0.158. The molecule has 0 aliphatic carbocycles. The Bertz CT molecular complexity index is 736. The summed E-state index contributed by atoms with van der Waals surface area (Å²) in [7, 11) is 0. The van der Waals surface area contributed by atoms with Gasteiger partial charge in [-0.1, -0.05) is 55.5 Å². The highest BCUT2D eigenvalue weighted by atomic mass is 16.2. The average molecular weight is 305 g/mol. The summed E-state index contributed by atoms with van der Waals surface area (Å²) in [5.41, 5.74) is 2.33. The summed E-state index contributed by atoms with van der Waals surface area (Å²) in [5, 5.41) is 3.16. The number of nitrogens with one attached hydrogen (secondary N) is 1. The van der Waals surface area contributed by atoms with Gasteiger partial charge in [-0.25, -0.2) is 4.90 Å². The zero-order chi connectivity index (χ0) is 16.1. The summed E-state index contributed by atoms with van der Waals surface area (Å²) in [5.74, 6) is 0.500. The van der Waals surface area contributed by atoms with Gasteiger partial charge >= 0.3 is 0 Å². The molecule has 0 aromatic heterocycles. The molecule has 1 amide bonds. The van der Waals surface area contributed by atoms with Crippen LogP contribution in [0.2, 0.25) is 0 Å². The van der Waals surface area contributed by atoms with Crippen molar-refractivity contribution >= 4 is 23.6 Å². The minimum atomic E-state index is -0.0880. The lowest BCUT2D eigenvalue weighted by molar-refractivity contribution is -0.113. The maximum atomic E-state index is 12.8. The molecule has 0 radical (unpaired) electrons. The first-order chi connectivity index (χ1) is 11.3. The van der Waals surface area contributed by atoms with E-state index in [0.29, 0.717) is 18.2 Å². The third-order valence-corrected chi connectivity index (χ3v) is 3.50. The molecule has 2 aromatic carbocycles. The van der Waals surface area contributed by atoms with Crippen LogP contribution < -0.4 is 10.2 Å². The number of anilines is 1. The largest absolute Gasteiger partial charge is 0.321 e. The number of carbonyl (C=O) groups excluding carboxylic acids is 1. The normalized spacial score (nSPS) is 17.8. The lowest BCUT2D eigenvalue weighted by Crippen LogP contribution is -2.32. The number of guanidine groups is 1. The van der Waals surface area contributed by atoms with Crippen LogP contribution in [0.25, 0.3) is 6.08 Å². The molecule has 1 aliphatic heterocycles. The standard InChI is InChI=1S/C19H19N3O/c1-2-13-20-19-21-17(14-15-9-5-3-6-10-15)18(23)22(19)16-11-7-4-8-12-16/h3-12,14H,2,13H2,1H3,(H,20,21)/b17-14-. The highest BCUT2D eigenvalue weighted by molar-refractivity contribution is 6.29. The van der Waals surface area contributed by atoms with Gasteiger partial charge in [0.25, 0.3) is 5.91 Å². The minimum Gasteiger partial charge on any atom is -0.321 e. The van der Waals surface area contributed by atoms with Gasteiger partial charge in [0.1, 0.15) is 5.70 Å². The van der Waals surface area contributed by atoms with Crippen molar-refractivity contribution in [3.8, 4) is 0 Å². The van der Waals surface area contributed by atoms with E-state index in [1.54, 1.807) is 4.90 Å². The molecule has 0 saturated carbocycles. The first-order valence-corrected chi connectivity index (χ1v) is 7.77. The Kier molecular flexibility index (Phi) is 4.52. The van der Waals surface area contributed by atoms with Crippen molar-refractivity contribution in [1.82, 2.24) is 5.32 Å². The summed E-state index contributed by atoms with van der Waals surface area (Å²) in [6.45, 7) is 2.74. The summed E-state index contributed by atoms with van der Waals surface area (Å²) < 4.78 is 0. The number of carbonyl (C=O) groups is 1. The summed E-state index contributed by atoms with van der Waals surface area (Å²) in [4.78, 5) is 18.9. The first kappa shape index (κ1) is 15.0. The average Bonchev–Trinajstić information content (AvgIpc) is 2.90. The van der Waals surface area contributed by atoms with E-state index in [-0.39, 0.29) is 5.91 Å². The van der Waals surface area contributed by atoms with E-state index in [0.717, 1.165) is 17.7 Å². The molecule has 1 heterocycles. The zero-order valence-corrected chi connectivity index (χ0v) is 13.1. The van der Waals surface area contributed by atoms with E-state index < -0.39 is 0 Å². The monoisotopic (exact) mass is 305 g/mol. The highest BCUT2D eigenvalue weighted by Crippen LogP contribution is 2.22. The number of hydrogen-bond acceptors (Lipinski definition) is 2. The molecule has 1 saturated heterocycles. The van der Waals surface area contributed by atoms with E-state index in [2.05, 4.69) is 17.2 Å². The second-order valence-electron chi connectivity index (χ2n) is 5.28. The Hall–Kier alpha value is -2.88. The van der Waals surface area contributed by atoms with Crippen LogP contribution in [0.15, 0.2) is 71.4 Å². The van der Waals surface area contributed by atoms with Crippen LogP contribution in [-0.2, 0) is 4.79 Å². The molecule has 3 rings (SSSR count). The second kappa shape index (κ2) is 6.92. The highest BCUT2D eigenvalue weighted by Gasteiger charge is 2.32. The van der Waals surface area contributed by atoms with Crippen LogP contribution in [0.3, 0.4) is 0 Å². The van der Waals surface area contributed by atoms with Gasteiger partial charge in [0, 0.05) is 6.54 Å². The van der Waals surface area contributed by atoms with Crippen LogP contribution in [0.1, 0.15) is 18.9 Å². The minimum absolute atomic E-state index is 0.0880. The quantitative estimate of drug-likeness (QED) is 0.880. The van der Waals surface area contributed by atoms with Gasteiger partial charge < -0.3 is 5.32 Å². The summed E-state index contributed by atoms with van der Waals surface area (Å²) in [6, 6.07) is 19.4. The topological polar surface area (TPSA) is 44.7 Å². The van der Waals surface area contributed by atoms with Crippen molar-refractivity contribution in [2.45, 2.75) is 13.3 Å². The number of benzene rings is 2. The smallest absolute Gasteiger partial charge is 0.281 e. The fourth-order valence-electron chi connectivity index (χ4n) is 2.40. The predicted molar refractivity (Wildman–Crippen MR) is 94.1 cm³/mol. The molecule has 23 heavy (non-hydrogen) atoms.